The quantitative estimate of drug-likeness (QED) is 0.314. The third-order valence-electron chi connectivity index (χ3n) is 4.79. The lowest BCUT2D eigenvalue weighted by Gasteiger charge is -2.25. The van der Waals surface area contributed by atoms with Gasteiger partial charge in [0, 0.05) is 24.8 Å². The van der Waals surface area contributed by atoms with Crippen molar-refractivity contribution < 1.29 is 19.4 Å². The van der Waals surface area contributed by atoms with E-state index in [4.69, 9.17) is 4.74 Å². The van der Waals surface area contributed by atoms with Gasteiger partial charge in [0.05, 0.1) is 11.3 Å². The summed E-state index contributed by atoms with van der Waals surface area (Å²) in [4.78, 5) is 33.4. The molecule has 0 saturated carbocycles. The first-order chi connectivity index (χ1) is 14.4. The van der Waals surface area contributed by atoms with E-state index < -0.39 is 17.7 Å². The predicted octanol–water partition coefficient (Wildman–Crippen LogP) is 2.63. The van der Waals surface area contributed by atoms with Gasteiger partial charge in [-0.25, -0.2) is 0 Å². The van der Waals surface area contributed by atoms with Crippen molar-refractivity contribution in [2.75, 3.05) is 33.8 Å². The molecule has 1 aliphatic rings. The molecule has 1 aliphatic heterocycles. The van der Waals surface area contributed by atoms with Crippen molar-refractivity contribution >= 4 is 17.4 Å². The van der Waals surface area contributed by atoms with E-state index in [1.165, 1.54) is 4.90 Å². The van der Waals surface area contributed by atoms with Crippen LogP contribution in [-0.2, 0) is 9.59 Å². The minimum Gasteiger partial charge on any atom is -0.507 e. The van der Waals surface area contributed by atoms with Crippen molar-refractivity contribution in [1.82, 2.24) is 14.8 Å². The summed E-state index contributed by atoms with van der Waals surface area (Å²) in [7, 11) is 3.78. The number of carbonyl (C=O) groups excluding carboxylic acids is 2. The van der Waals surface area contributed by atoms with Gasteiger partial charge in [-0.3, -0.25) is 14.6 Å². The number of hydrogen-bond donors (Lipinski definition) is 1. The Hall–Kier alpha value is -3.45. The third-order valence-corrected chi connectivity index (χ3v) is 4.79. The molecule has 1 atom stereocenters. The fourth-order valence-electron chi connectivity index (χ4n) is 3.28. The smallest absolute Gasteiger partial charge is 0.295 e. The number of hydrogen-bond acceptors (Lipinski definition) is 6. The Labute approximate surface area is 175 Å². The maximum absolute atomic E-state index is 12.9. The number of carbonyl (C=O) groups is 2. The van der Waals surface area contributed by atoms with Gasteiger partial charge in [0.2, 0.25) is 0 Å². The lowest BCUT2D eigenvalue weighted by atomic mass is 9.98. The maximum Gasteiger partial charge on any atom is 0.295 e. The largest absolute Gasteiger partial charge is 0.507 e. The summed E-state index contributed by atoms with van der Waals surface area (Å²) >= 11 is 0. The van der Waals surface area contributed by atoms with Crippen LogP contribution >= 0.6 is 0 Å². The first-order valence-corrected chi connectivity index (χ1v) is 9.62. The second-order valence-electron chi connectivity index (χ2n) is 7.17. The average Bonchev–Trinajstić information content (AvgIpc) is 3.01. The van der Waals surface area contributed by atoms with Crippen LogP contribution in [0.5, 0.6) is 5.75 Å². The molecule has 7 heteroatoms. The second kappa shape index (κ2) is 9.37. The number of aromatic nitrogens is 1. The lowest BCUT2D eigenvalue weighted by Crippen LogP contribution is -2.35. The monoisotopic (exact) mass is 407 g/mol. The molecular formula is C23H25N3O4. The van der Waals surface area contributed by atoms with E-state index in [1.807, 2.05) is 19.0 Å². The molecular weight excluding hydrogens is 382 g/mol. The fourth-order valence-corrected chi connectivity index (χ4v) is 3.28. The topological polar surface area (TPSA) is 83.0 Å². The van der Waals surface area contributed by atoms with Gasteiger partial charge in [0.25, 0.3) is 11.7 Å². The van der Waals surface area contributed by atoms with Crippen LogP contribution in [0.15, 0.2) is 66.9 Å². The highest BCUT2D eigenvalue weighted by molar-refractivity contribution is 6.46. The molecule has 0 aliphatic carbocycles. The molecule has 1 N–H and O–H groups in total. The molecule has 30 heavy (non-hydrogen) atoms. The minimum absolute atomic E-state index is 0.0391. The van der Waals surface area contributed by atoms with E-state index in [2.05, 4.69) is 11.6 Å². The number of aliphatic hydroxyl groups excluding tert-OH is 1. The van der Waals surface area contributed by atoms with Crippen LogP contribution in [0, 0.1) is 0 Å². The molecule has 156 valence electrons. The highest BCUT2D eigenvalue weighted by Gasteiger charge is 2.46. The fraction of sp³-hybridized carbons (Fsp3) is 0.261. The van der Waals surface area contributed by atoms with Crippen molar-refractivity contribution in [3.63, 3.8) is 0 Å². The molecule has 0 spiro atoms. The Morgan fingerprint density at radius 2 is 1.97 bits per heavy atom. The van der Waals surface area contributed by atoms with E-state index in [-0.39, 0.29) is 11.3 Å². The molecule has 1 fully saturated rings. The number of ether oxygens (including phenoxy) is 1. The second-order valence-corrected chi connectivity index (χ2v) is 7.17. The summed E-state index contributed by atoms with van der Waals surface area (Å²) in [5.74, 6) is -0.973. The van der Waals surface area contributed by atoms with Crippen molar-refractivity contribution in [1.29, 1.82) is 0 Å². The SMILES string of the molecule is C=CCOc1ccc(/C(O)=C2\C(=O)C(=O)N(CCN(C)C)[C@@H]2c2ccccn2)cc1. The zero-order chi connectivity index (χ0) is 21.7. The summed E-state index contributed by atoms with van der Waals surface area (Å²) in [5, 5.41) is 11.0. The molecule has 1 amide bonds. The van der Waals surface area contributed by atoms with E-state index >= 15 is 0 Å². The maximum atomic E-state index is 12.9. The standard InChI is InChI=1S/C23H25N3O4/c1-4-15-30-17-10-8-16(9-11-17)21(27)19-20(18-7-5-6-12-24-18)26(14-13-25(2)3)23(29)22(19)28/h4-12,20,27H,1,13-15H2,2-3H3/b21-19+/t20-/m1/s1. The van der Waals surface area contributed by atoms with Gasteiger partial charge in [0.15, 0.2) is 0 Å². The predicted molar refractivity (Wildman–Crippen MR) is 114 cm³/mol. The Balaban J connectivity index is 2.03. The number of likely N-dealkylation sites (N-methyl/N-ethyl adjacent to an activating group) is 1. The molecule has 0 bridgehead atoms. The summed E-state index contributed by atoms with van der Waals surface area (Å²) in [6, 6.07) is 11.2. The molecule has 1 saturated heterocycles. The molecule has 7 nitrogen and oxygen atoms in total. The highest BCUT2D eigenvalue weighted by Crippen LogP contribution is 2.38. The van der Waals surface area contributed by atoms with E-state index in [9.17, 15) is 14.7 Å². The van der Waals surface area contributed by atoms with Crippen LogP contribution in [0.2, 0.25) is 0 Å². The van der Waals surface area contributed by atoms with Crippen molar-refractivity contribution in [3.8, 4) is 5.75 Å². The zero-order valence-electron chi connectivity index (χ0n) is 17.1. The number of Topliss-reactive ketones (excluding diaryl/α,β-unsaturated/α-hetero) is 1. The molecule has 2 aromatic rings. The van der Waals surface area contributed by atoms with Crippen LogP contribution in [0.3, 0.4) is 0 Å². The first-order valence-electron chi connectivity index (χ1n) is 9.62. The number of nitrogens with zero attached hydrogens (tertiary/aromatic N) is 3. The van der Waals surface area contributed by atoms with Crippen molar-refractivity contribution in [3.05, 3.63) is 78.1 Å². The first kappa shape index (κ1) is 21.3. The molecule has 2 heterocycles. The Morgan fingerprint density at radius 1 is 1.23 bits per heavy atom. The average molecular weight is 407 g/mol. The molecule has 0 unspecified atom stereocenters. The van der Waals surface area contributed by atoms with Crippen LogP contribution in [0.25, 0.3) is 5.76 Å². The Kier molecular flexibility index (Phi) is 6.64. The van der Waals surface area contributed by atoms with E-state index in [0.717, 1.165) is 0 Å². The van der Waals surface area contributed by atoms with Crippen molar-refractivity contribution in [2.24, 2.45) is 0 Å². The van der Waals surface area contributed by atoms with Gasteiger partial charge in [-0.2, -0.15) is 0 Å². The number of aliphatic hydroxyl groups is 1. The Morgan fingerprint density at radius 3 is 2.57 bits per heavy atom. The zero-order valence-corrected chi connectivity index (χ0v) is 17.1. The van der Waals surface area contributed by atoms with Crippen molar-refractivity contribution in [2.45, 2.75) is 6.04 Å². The van der Waals surface area contributed by atoms with Gasteiger partial charge >= 0.3 is 0 Å². The third kappa shape index (κ3) is 4.41. The highest BCUT2D eigenvalue weighted by atomic mass is 16.5. The van der Waals surface area contributed by atoms with Gasteiger partial charge < -0.3 is 19.6 Å². The van der Waals surface area contributed by atoms with E-state index in [0.29, 0.717) is 36.7 Å². The normalized spacial score (nSPS) is 18.1. The molecule has 1 aromatic carbocycles. The van der Waals surface area contributed by atoms with Gasteiger partial charge in [-0.15, -0.1) is 0 Å². The van der Waals surface area contributed by atoms with Crippen LogP contribution < -0.4 is 4.74 Å². The van der Waals surface area contributed by atoms with Crippen LogP contribution in [-0.4, -0.2) is 65.4 Å². The number of ketones is 1. The number of rotatable bonds is 8. The molecule has 0 radical (unpaired) electrons. The van der Waals surface area contributed by atoms with Gasteiger partial charge in [-0.05, 0) is 50.5 Å². The number of pyridine rings is 1. The van der Waals surface area contributed by atoms with Gasteiger partial charge in [0.1, 0.15) is 24.2 Å². The minimum atomic E-state index is -0.747. The Bertz CT molecular complexity index is 952. The summed E-state index contributed by atoms with van der Waals surface area (Å²) in [6.07, 6.45) is 3.24. The summed E-state index contributed by atoms with van der Waals surface area (Å²) in [5.41, 5.74) is 0.993. The number of benzene rings is 1. The van der Waals surface area contributed by atoms with Crippen LogP contribution in [0.1, 0.15) is 17.3 Å². The number of amides is 1. The molecule has 3 rings (SSSR count). The van der Waals surface area contributed by atoms with E-state index in [1.54, 1.807) is 54.7 Å². The lowest BCUT2D eigenvalue weighted by molar-refractivity contribution is -0.140. The number of likely N-dealkylation sites (tertiary alicyclic amines) is 1. The summed E-state index contributed by atoms with van der Waals surface area (Å²) < 4.78 is 5.46. The van der Waals surface area contributed by atoms with Crippen LogP contribution in [0.4, 0.5) is 0 Å². The summed E-state index contributed by atoms with van der Waals surface area (Å²) in [6.45, 7) is 4.88. The molecule has 1 aromatic heterocycles. The van der Waals surface area contributed by atoms with Gasteiger partial charge in [-0.1, -0.05) is 18.7 Å².